The first-order chi connectivity index (χ1) is 13.2. The molecule has 28 heavy (non-hydrogen) atoms. The summed E-state index contributed by atoms with van der Waals surface area (Å²) in [4.78, 5) is 26.7. The van der Waals surface area contributed by atoms with Gasteiger partial charge in [0.15, 0.2) is 0 Å². The fourth-order valence-electron chi connectivity index (χ4n) is 5.12. The predicted molar refractivity (Wildman–Crippen MR) is 105 cm³/mol. The van der Waals surface area contributed by atoms with Gasteiger partial charge in [-0.2, -0.15) is 0 Å². The highest BCUT2D eigenvalue weighted by Crippen LogP contribution is 2.48. The van der Waals surface area contributed by atoms with Crippen molar-refractivity contribution >= 4 is 11.8 Å². The maximum absolute atomic E-state index is 13.2. The number of aryl methyl sites for hydroxylation is 1. The average Bonchev–Trinajstić information content (AvgIpc) is 2.84. The van der Waals surface area contributed by atoms with E-state index in [1.807, 2.05) is 4.90 Å². The van der Waals surface area contributed by atoms with Gasteiger partial charge in [0.2, 0.25) is 11.8 Å². The number of halogens is 1. The monoisotopic (exact) mass is 390 g/mol. The molecule has 1 aliphatic heterocycles. The fraction of sp³-hybridized carbons (Fsp3) is 0.636. The van der Waals surface area contributed by atoms with E-state index in [2.05, 4.69) is 12.2 Å². The molecule has 1 aromatic rings. The van der Waals surface area contributed by atoms with Crippen LogP contribution in [0.25, 0.3) is 0 Å². The van der Waals surface area contributed by atoms with E-state index in [4.69, 9.17) is 0 Å². The number of aliphatic hydroxyl groups excluding tert-OH is 1. The van der Waals surface area contributed by atoms with Gasteiger partial charge in [0.1, 0.15) is 5.82 Å². The number of nitrogens with zero attached hydrogens (tertiary/aromatic N) is 1. The third kappa shape index (κ3) is 4.07. The molecule has 4 atom stereocenters. The minimum absolute atomic E-state index is 0.00328. The van der Waals surface area contributed by atoms with E-state index in [0.717, 1.165) is 36.8 Å². The number of carbonyl (C=O) groups is 2. The summed E-state index contributed by atoms with van der Waals surface area (Å²) in [6.45, 7) is 5.81. The van der Waals surface area contributed by atoms with Crippen molar-refractivity contribution in [3.05, 3.63) is 35.1 Å². The lowest BCUT2D eigenvalue weighted by Crippen LogP contribution is -2.48. The van der Waals surface area contributed by atoms with Gasteiger partial charge in [0.25, 0.3) is 0 Å². The SMILES string of the molecule is CC(=O)N1[C@@H](CNC(=O)Cc2ccc(F)cc2C)C[C@@]2(C)[C@@H](O)CCCC[C@@H]12. The third-order valence-electron chi connectivity index (χ3n) is 6.69. The van der Waals surface area contributed by atoms with Crippen LogP contribution in [0.15, 0.2) is 18.2 Å². The van der Waals surface area contributed by atoms with Crippen LogP contribution < -0.4 is 5.32 Å². The number of nitrogens with one attached hydrogen (secondary N) is 1. The van der Waals surface area contributed by atoms with Crippen molar-refractivity contribution < 1.29 is 19.1 Å². The molecule has 0 unspecified atom stereocenters. The van der Waals surface area contributed by atoms with Crippen LogP contribution in [0.5, 0.6) is 0 Å². The highest BCUT2D eigenvalue weighted by molar-refractivity contribution is 5.79. The number of likely N-dealkylation sites (tertiary alicyclic amines) is 1. The lowest BCUT2D eigenvalue weighted by molar-refractivity contribution is -0.133. The predicted octanol–water partition coefficient (Wildman–Crippen LogP) is 2.72. The fourth-order valence-corrected chi connectivity index (χ4v) is 5.12. The summed E-state index contributed by atoms with van der Waals surface area (Å²) in [5.74, 6) is -0.456. The van der Waals surface area contributed by atoms with Gasteiger partial charge >= 0.3 is 0 Å². The number of hydrogen-bond donors (Lipinski definition) is 2. The van der Waals surface area contributed by atoms with Gasteiger partial charge in [-0.3, -0.25) is 9.59 Å². The molecular formula is C22H31FN2O3. The molecule has 2 amide bonds. The summed E-state index contributed by atoms with van der Waals surface area (Å²) >= 11 is 0. The maximum Gasteiger partial charge on any atom is 0.224 e. The molecule has 1 aromatic carbocycles. The Morgan fingerprint density at radius 1 is 1.32 bits per heavy atom. The topological polar surface area (TPSA) is 69.6 Å². The van der Waals surface area contributed by atoms with Gasteiger partial charge in [-0.05, 0) is 49.4 Å². The summed E-state index contributed by atoms with van der Waals surface area (Å²) in [6.07, 6.45) is 4.09. The summed E-state index contributed by atoms with van der Waals surface area (Å²) in [5, 5.41) is 13.7. The van der Waals surface area contributed by atoms with Crippen molar-refractivity contribution in [1.29, 1.82) is 0 Å². The van der Waals surface area contributed by atoms with Crippen LogP contribution in [0.1, 0.15) is 57.1 Å². The molecular weight excluding hydrogens is 359 g/mol. The van der Waals surface area contributed by atoms with Crippen molar-refractivity contribution in [1.82, 2.24) is 10.2 Å². The second kappa shape index (κ2) is 8.19. The Labute approximate surface area is 166 Å². The van der Waals surface area contributed by atoms with Crippen molar-refractivity contribution in [2.45, 2.75) is 77.5 Å². The van der Waals surface area contributed by atoms with Crippen LogP contribution in [0, 0.1) is 18.2 Å². The number of hydrogen-bond acceptors (Lipinski definition) is 3. The number of carbonyl (C=O) groups excluding carboxylic acids is 2. The van der Waals surface area contributed by atoms with E-state index in [1.165, 1.54) is 12.1 Å². The lowest BCUT2D eigenvalue weighted by Gasteiger charge is -2.37. The zero-order valence-corrected chi connectivity index (χ0v) is 17.0. The van der Waals surface area contributed by atoms with E-state index in [1.54, 1.807) is 19.9 Å². The summed E-state index contributed by atoms with van der Waals surface area (Å²) in [6, 6.07) is 4.33. The molecule has 0 spiro atoms. The number of fused-ring (bicyclic) bond motifs is 1. The smallest absolute Gasteiger partial charge is 0.224 e. The third-order valence-corrected chi connectivity index (χ3v) is 6.69. The number of aliphatic hydroxyl groups is 1. The lowest BCUT2D eigenvalue weighted by atomic mass is 9.75. The highest BCUT2D eigenvalue weighted by atomic mass is 19.1. The largest absolute Gasteiger partial charge is 0.392 e. The van der Waals surface area contributed by atoms with E-state index < -0.39 is 6.10 Å². The van der Waals surface area contributed by atoms with Crippen LogP contribution in [0.2, 0.25) is 0 Å². The Balaban J connectivity index is 1.67. The standard InChI is InChI=1S/C22H31FN2O3/c1-14-10-17(23)9-8-16(14)11-21(28)24-13-18-12-22(3)19(25(18)15(2)26)6-4-5-7-20(22)27/h8-10,18-20,27H,4-7,11-13H2,1-3H3,(H,24,28)/t18-,19-,20+,22-/m1/s1. The molecule has 1 saturated carbocycles. The quantitative estimate of drug-likeness (QED) is 0.831. The first-order valence-electron chi connectivity index (χ1n) is 10.2. The van der Waals surface area contributed by atoms with Crippen LogP contribution in [-0.4, -0.2) is 46.6 Å². The Kier molecular flexibility index (Phi) is 6.08. The molecule has 1 saturated heterocycles. The van der Waals surface area contributed by atoms with E-state index >= 15 is 0 Å². The Bertz CT molecular complexity index is 753. The maximum atomic E-state index is 13.2. The van der Waals surface area contributed by atoms with Crippen LogP contribution >= 0.6 is 0 Å². The van der Waals surface area contributed by atoms with E-state index in [-0.39, 0.29) is 41.6 Å². The van der Waals surface area contributed by atoms with Crippen LogP contribution in [0.4, 0.5) is 4.39 Å². The van der Waals surface area contributed by atoms with Crippen LogP contribution in [-0.2, 0) is 16.0 Å². The van der Waals surface area contributed by atoms with Gasteiger partial charge in [0, 0.05) is 24.9 Å². The van der Waals surface area contributed by atoms with Gasteiger partial charge in [-0.25, -0.2) is 4.39 Å². The average molecular weight is 390 g/mol. The number of amides is 2. The zero-order valence-electron chi connectivity index (χ0n) is 17.0. The summed E-state index contributed by atoms with van der Waals surface area (Å²) < 4.78 is 13.2. The van der Waals surface area contributed by atoms with Gasteiger partial charge in [0.05, 0.1) is 18.6 Å². The van der Waals surface area contributed by atoms with E-state index in [0.29, 0.717) is 13.0 Å². The molecule has 154 valence electrons. The molecule has 2 aliphatic rings. The van der Waals surface area contributed by atoms with Gasteiger partial charge in [-0.1, -0.05) is 25.8 Å². The Hall–Kier alpha value is -1.95. The molecule has 0 bridgehead atoms. The number of benzene rings is 1. The molecule has 2 fully saturated rings. The molecule has 6 heteroatoms. The molecule has 2 N–H and O–H groups in total. The normalized spacial score (nSPS) is 29.9. The minimum Gasteiger partial charge on any atom is -0.392 e. The zero-order chi connectivity index (χ0) is 20.5. The molecule has 3 rings (SSSR count). The van der Waals surface area contributed by atoms with Gasteiger partial charge < -0.3 is 15.3 Å². The molecule has 1 aliphatic carbocycles. The summed E-state index contributed by atoms with van der Waals surface area (Å²) in [7, 11) is 0. The number of rotatable bonds is 4. The van der Waals surface area contributed by atoms with Crippen molar-refractivity contribution in [3.8, 4) is 0 Å². The van der Waals surface area contributed by atoms with Crippen molar-refractivity contribution in [3.63, 3.8) is 0 Å². The second-order valence-corrected chi connectivity index (χ2v) is 8.66. The highest BCUT2D eigenvalue weighted by Gasteiger charge is 2.54. The molecule has 5 nitrogen and oxygen atoms in total. The Morgan fingerprint density at radius 2 is 2.04 bits per heavy atom. The first-order valence-corrected chi connectivity index (χ1v) is 10.2. The molecule has 0 radical (unpaired) electrons. The van der Waals surface area contributed by atoms with Crippen molar-refractivity contribution in [2.75, 3.05) is 6.54 Å². The van der Waals surface area contributed by atoms with Gasteiger partial charge in [-0.15, -0.1) is 0 Å². The Morgan fingerprint density at radius 3 is 2.71 bits per heavy atom. The summed E-state index contributed by atoms with van der Waals surface area (Å²) in [5.41, 5.74) is 1.21. The van der Waals surface area contributed by atoms with E-state index in [9.17, 15) is 19.1 Å². The molecule has 0 aromatic heterocycles. The molecule has 1 heterocycles. The second-order valence-electron chi connectivity index (χ2n) is 8.66. The van der Waals surface area contributed by atoms with Crippen molar-refractivity contribution in [2.24, 2.45) is 5.41 Å². The first kappa shape index (κ1) is 20.8. The minimum atomic E-state index is -0.426. The van der Waals surface area contributed by atoms with Crippen LogP contribution in [0.3, 0.4) is 0 Å².